The highest BCUT2D eigenvalue weighted by Crippen LogP contribution is 2.42. The molecule has 1 aromatic carbocycles. The van der Waals surface area contributed by atoms with Crippen LogP contribution in [0.15, 0.2) is 41.5 Å². The van der Waals surface area contributed by atoms with Gasteiger partial charge in [0.25, 0.3) is 0 Å². The van der Waals surface area contributed by atoms with Gasteiger partial charge in [0.2, 0.25) is 0 Å². The fourth-order valence-corrected chi connectivity index (χ4v) is 16.7. The Morgan fingerprint density at radius 2 is 0.947 bits per heavy atom. The molecular formula is C36H48Si2. The first-order valence-electron chi connectivity index (χ1n) is 14.1. The molecule has 1 aromatic rings. The molecule has 0 heterocycles. The summed E-state index contributed by atoms with van der Waals surface area (Å²) in [6.07, 6.45) is 6.09. The third-order valence-corrected chi connectivity index (χ3v) is 20.7. The van der Waals surface area contributed by atoms with E-state index in [1.54, 1.807) is 0 Å². The average Bonchev–Trinajstić information content (AvgIpc) is 2.83. The minimum Gasteiger partial charge on any atom is -0.124 e. The van der Waals surface area contributed by atoms with E-state index >= 15 is 0 Å². The number of rotatable bonds is 6. The highest BCUT2D eigenvalue weighted by molar-refractivity contribution is 6.91. The number of hydrogen-bond acceptors (Lipinski definition) is 0. The molecule has 0 fully saturated rings. The second kappa shape index (κ2) is 15.0. The molecular weight excluding hydrogens is 489 g/mol. The second-order valence-corrected chi connectivity index (χ2v) is 23.2. The van der Waals surface area contributed by atoms with Crippen molar-refractivity contribution in [1.29, 1.82) is 0 Å². The number of benzene rings is 1. The third-order valence-electron chi connectivity index (χ3n) is 8.17. The van der Waals surface area contributed by atoms with E-state index in [2.05, 4.69) is 136 Å². The van der Waals surface area contributed by atoms with Crippen LogP contribution in [0.25, 0.3) is 0 Å². The van der Waals surface area contributed by atoms with Crippen LogP contribution in [-0.4, -0.2) is 16.1 Å². The average molecular weight is 537 g/mol. The molecule has 0 N–H and O–H groups in total. The van der Waals surface area contributed by atoms with Crippen molar-refractivity contribution in [2.45, 2.75) is 116 Å². The smallest absolute Gasteiger partial charge is 0.124 e. The summed E-state index contributed by atoms with van der Waals surface area (Å²) in [7, 11) is -3.92. The first-order valence-corrected chi connectivity index (χ1v) is 18.6. The molecule has 0 aliphatic carbocycles. The maximum absolute atomic E-state index is 6.09. The number of allylic oxidation sites excluding steroid dienone is 2. The lowest BCUT2D eigenvalue weighted by molar-refractivity contribution is 0.838. The first-order chi connectivity index (χ1) is 17.8. The predicted molar refractivity (Wildman–Crippen MR) is 175 cm³/mol. The highest BCUT2D eigenvalue weighted by atomic mass is 28.3. The summed E-state index contributed by atoms with van der Waals surface area (Å²) in [5.41, 5.74) is 12.9. The Morgan fingerprint density at radius 3 is 1.32 bits per heavy atom. The summed E-state index contributed by atoms with van der Waals surface area (Å²) in [4.78, 5) is 0. The van der Waals surface area contributed by atoms with Crippen molar-refractivity contribution < 1.29 is 0 Å². The lowest BCUT2D eigenvalue weighted by Gasteiger charge is -2.38. The SMILES string of the molecule is C#C/C(C#C[Si](C(C)C)(C(C)C)C(C)C)=C(/C#CC#Cc1ccccc1)C#C[Si](C(C)C)(C(C)C)C(C)C. The van der Waals surface area contributed by atoms with E-state index in [1.165, 1.54) is 0 Å². The quantitative estimate of drug-likeness (QED) is 0.251. The van der Waals surface area contributed by atoms with Crippen LogP contribution >= 0.6 is 0 Å². The fourth-order valence-electron chi connectivity index (χ4n) is 6.25. The van der Waals surface area contributed by atoms with Gasteiger partial charge in [-0.2, -0.15) is 0 Å². The van der Waals surface area contributed by atoms with Crippen molar-refractivity contribution in [3.8, 4) is 59.0 Å². The van der Waals surface area contributed by atoms with Crippen LogP contribution in [0.2, 0.25) is 33.2 Å². The van der Waals surface area contributed by atoms with Crippen molar-refractivity contribution in [3.05, 3.63) is 47.0 Å². The van der Waals surface area contributed by atoms with Crippen LogP contribution in [0.4, 0.5) is 0 Å². The van der Waals surface area contributed by atoms with Gasteiger partial charge in [-0.1, -0.05) is 125 Å². The zero-order chi connectivity index (χ0) is 29.1. The summed E-state index contributed by atoms with van der Waals surface area (Å²) < 4.78 is 0. The van der Waals surface area contributed by atoms with Crippen LogP contribution in [-0.2, 0) is 0 Å². The molecule has 0 radical (unpaired) electrons. The van der Waals surface area contributed by atoms with Crippen LogP contribution in [0.3, 0.4) is 0 Å². The largest absolute Gasteiger partial charge is 0.146 e. The minimum absolute atomic E-state index is 0.519. The summed E-state index contributed by atoms with van der Waals surface area (Å²) in [6.45, 7) is 27.8. The molecule has 0 saturated heterocycles. The van der Waals surface area contributed by atoms with Gasteiger partial charge in [-0.3, -0.25) is 0 Å². The molecule has 2 heteroatoms. The summed E-state index contributed by atoms with van der Waals surface area (Å²) >= 11 is 0. The molecule has 0 aliphatic heterocycles. The molecule has 38 heavy (non-hydrogen) atoms. The predicted octanol–water partition coefficient (Wildman–Crippen LogP) is 9.41. The topological polar surface area (TPSA) is 0 Å². The van der Waals surface area contributed by atoms with Gasteiger partial charge in [0.15, 0.2) is 0 Å². The molecule has 0 aromatic heterocycles. The Hall–Kier alpha value is -2.81. The summed E-state index contributed by atoms with van der Waals surface area (Å²) in [5, 5.41) is 0. The normalized spacial score (nSPS) is 12.1. The first kappa shape index (κ1) is 33.2. The number of terminal acetylenes is 1. The van der Waals surface area contributed by atoms with Crippen LogP contribution in [0.1, 0.15) is 88.6 Å². The molecule has 0 nitrogen and oxygen atoms in total. The molecule has 0 saturated carbocycles. The molecule has 0 bridgehead atoms. The van der Waals surface area contributed by atoms with Crippen LogP contribution in [0.5, 0.6) is 0 Å². The minimum atomic E-state index is -1.97. The zero-order valence-electron chi connectivity index (χ0n) is 25.9. The zero-order valence-corrected chi connectivity index (χ0v) is 27.9. The Kier molecular flexibility index (Phi) is 13.1. The molecule has 0 aliphatic rings. The standard InChI is InChI=1S/C36H48Si2/c1-14-35(24-26-37(28(2)3,29(4)5)30(6)7)36(23-19-18-22-34-20-16-15-17-21-34)25-27-38(31(8)9,32(10)11)33(12)13/h1,15-17,20-21,28-33H,2-13H3/b36-35+. The van der Waals surface area contributed by atoms with Crippen molar-refractivity contribution in [1.82, 2.24) is 0 Å². The Bertz CT molecular complexity index is 1210. The van der Waals surface area contributed by atoms with E-state index in [1.807, 2.05) is 30.3 Å². The maximum atomic E-state index is 6.09. The molecule has 0 atom stereocenters. The second-order valence-electron chi connectivity index (χ2n) is 12.1. The molecule has 0 unspecified atom stereocenters. The Balaban J connectivity index is 3.94. The van der Waals surface area contributed by atoms with Crippen molar-refractivity contribution in [2.24, 2.45) is 0 Å². The van der Waals surface area contributed by atoms with Crippen LogP contribution < -0.4 is 0 Å². The summed E-state index contributed by atoms with van der Waals surface area (Å²) in [6, 6.07) is 9.89. The van der Waals surface area contributed by atoms with Gasteiger partial charge in [0.1, 0.15) is 16.1 Å². The third kappa shape index (κ3) is 7.85. The molecule has 1 rings (SSSR count). The maximum Gasteiger partial charge on any atom is 0.146 e. The van der Waals surface area contributed by atoms with Gasteiger partial charge in [-0.15, -0.1) is 17.5 Å². The Labute approximate surface area is 237 Å². The molecule has 0 spiro atoms. The van der Waals surface area contributed by atoms with Gasteiger partial charge >= 0.3 is 0 Å². The van der Waals surface area contributed by atoms with E-state index in [9.17, 15) is 0 Å². The summed E-state index contributed by atoms with van der Waals surface area (Å²) in [5.74, 6) is 22.2. The fraction of sp³-hybridized carbons (Fsp3) is 0.500. The van der Waals surface area contributed by atoms with E-state index in [0.29, 0.717) is 44.4 Å². The van der Waals surface area contributed by atoms with E-state index in [4.69, 9.17) is 6.42 Å². The number of hydrogen-bond donors (Lipinski definition) is 0. The van der Waals surface area contributed by atoms with Crippen molar-refractivity contribution in [2.75, 3.05) is 0 Å². The Morgan fingerprint density at radius 1 is 0.553 bits per heavy atom. The van der Waals surface area contributed by atoms with Crippen molar-refractivity contribution in [3.63, 3.8) is 0 Å². The van der Waals surface area contributed by atoms with Gasteiger partial charge in [-0.05, 0) is 63.1 Å². The lowest BCUT2D eigenvalue weighted by atomic mass is 10.1. The van der Waals surface area contributed by atoms with Gasteiger partial charge in [0.05, 0.1) is 11.1 Å². The van der Waals surface area contributed by atoms with Gasteiger partial charge in [-0.25, -0.2) is 0 Å². The molecule has 0 amide bonds. The lowest BCUT2D eigenvalue weighted by Crippen LogP contribution is -2.43. The molecule has 200 valence electrons. The monoisotopic (exact) mass is 536 g/mol. The van der Waals surface area contributed by atoms with E-state index in [0.717, 1.165) is 5.56 Å². The van der Waals surface area contributed by atoms with Gasteiger partial charge in [0, 0.05) is 5.56 Å². The van der Waals surface area contributed by atoms with Crippen LogP contribution in [0, 0.1) is 59.0 Å². The van der Waals surface area contributed by atoms with Gasteiger partial charge < -0.3 is 0 Å². The highest BCUT2D eigenvalue weighted by Gasteiger charge is 2.42. The van der Waals surface area contributed by atoms with Crippen molar-refractivity contribution >= 4 is 16.1 Å². The van der Waals surface area contributed by atoms with E-state index in [-0.39, 0.29) is 0 Å². The van der Waals surface area contributed by atoms with E-state index < -0.39 is 16.1 Å².